The van der Waals surface area contributed by atoms with Crippen LogP contribution in [0.4, 0.5) is 10.2 Å². The summed E-state index contributed by atoms with van der Waals surface area (Å²) in [5.41, 5.74) is 6.56. The normalized spacial score (nSPS) is 35.7. The lowest BCUT2D eigenvalue weighted by molar-refractivity contribution is -0.0438. The predicted octanol–water partition coefficient (Wildman–Crippen LogP) is 2.73. The fourth-order valence-electron chi connectivity index (χ4n) is 6.19. The lowest BCUT2D eigenvalue weighted by Gasteiger charge is -2.45. The molecule has 18 nitrogen and oxygen atoms in total. The van der Waals surface area contributed by atoms with Gasteiger partial charge in [0.1, 0.15) is 29.7 Å². The molecule has 2 aliphatic heterocycles. The summed E-state index contributed by atoms with van der Waals surface area (Å²) in [6, 6.07) is -0.244. The van der Waals surface area contributed by atoms with Crippen LogP contribution in [0.2, 0.25) is 0 Å². The van der Waals surface area contributed by atoms with Crippen LogP contribution in [0.3, 0.4) is 0 Å². The van der Waals surface area contributed by atoms with E-state index in [2.05, 4.69) is 54.4 Å². The third-order valence-electron chi connectivity index (χ3n) is 8.55. The number of nitrogen functional groups attached to an aromatic ring is 1. The molecule has 0 radical (unpaired) electrons. The van der Waals surface area contributed by atoms with Crippen LogP contribution in [0, 0.1) is 11.8 Å². The van der Waals surface area contributed by atoms with Crippen molar-refractivity contribution in [2.45, 2.75) is 37.1 Å². The van der Waals surface area contributed by atoms with E-state index in [1.54, 1.807) is 6.33 Å². The molecule has 244 valence electrons. The minimum Gasteiger partial charge on any atom is -0.382 e. The lowest BCUT2D eigenvalue weighted by atomic mass is 9.70. The summed E-state index contributed by atoms with van der Waals surface area (Å²) in [5.74, 6) is -0.213. The van der Waals surface area contributed by atoms with Crippen LogP contribution < -0.4 is 11.3 Å². The average molecular weight is 715 g/mol. The van der Waals surface area contributed by atoms with Gasteiger partial charge in [0.15, 0.2) is 29.4 Å². The van der Waals surface area contributed by atoms with Crippen LogP contribution in [-0.4, -0.2) is 81.6 Å². The molecular weight excluding hydrogens is 689 g/mol. The van der Waals surface area contributed by atoms with Gasteiger partial charge >= 0.3 is 13.6 Å². The van der Waals surface area contributed by atoms with E-state index in [1.165, 1.54) is 34.0 Å². The van der Waals surface area contributed by atoms with Crippen LogP contribution in [0.1, 0.15) is 18.7 Å². The number of aromatic nitrogens is 9. The number of fused-ring (bicyclic) bond motifs is 6. The Labute approximate surface area is 267 Å². The monoisotopic (exact) mass is 714 g/mol. The van der Waals surface area contributed by atoms with Gasteiger partial charge in [0, 0.05) is 24.4 Å². The summed E-state index contributed by atoms with van der Waals surface area (Å²) >= 11 is 8.27. The van der Waals surface area contributed by atoms with Crippen molar-refractivity contribution in [3.8, 4) is 0 Å². The number of nitrogens with two attached hydrogens (primary N) is 1. The van der Waals surface area contributed by atoms with Gasteiger partial charge in [-0.05, 0) is 12.3 Å². The molecule has 2 bridgehead atoms. The van der Waals surface area contributed by atoms with E-state index in [9.17, 15) is 13.9 Å². The van der Waals surface area contributed by atoms with E-state index in [-0.39, 0.29) is 53.9 Å². The van der Waals surface area contributed by atoms with Gasteiger partial charge < -0.3 is 29.1 Å². The van der Waals surface area contributed by atoms with E-state index in [0.29, 0.717) is 17.6 Å². The van der Waals surface area contributed by atoms with Crippen molar-refractivity contribution in [2.24, 2.45) is 11.8 Å². The quantitative estimate of drug-likeness (QED) is 0.153. The smallest absolute Gasteiger partial charge is 0.382 e. The first-order valence-corrected chi connectivity index (χ1v) is 19.3. The number of anilines is 1. The molecule has 23 heteroatoms. The van der Waals surface area contributed by atoms with Gasteiger partial charge in [0.25, 0.3) is 5.56 Å². The molecular formula is C23H25FN10O8P2S2. The summed E-state index contributed by atoms with van der Waals surface area (Å²) in [5, 5.41) is 0. The van der Waals surface area contributed by atoms with Crippen LogP contribution in [0.25, 0.3) is 28.1 Å². The summed E-state index contributed by atoms with van der Waals surface area (Å²) in [4.78, 5) is 36.8. The molecule has 2 saturated heterocycles. The van der Waals surface area contributed by atoms with Crippen molar-refractivity contribution >= 4 is 72.0 Å². The van der Waals surface area contributed by atoms with E-state index < -0.39 is 50.4 Å². The lowest BCUT2D eigenvalue weighted by Crippen LogP contribution is -2.43. The first kappa shape index (κ1) is 30.5. The van der Waals surface area contributed by atoms with Gasteiger partial charge in [-0.3, -0.25) is 18.4 Å². The number of hydrogen-bond donors (Lipinski definition) is 4. The largest absolute Gasteiger partial charge is 0.386 e. The highest BCUT2D eigenvalue weighted by molar-refractivity contribution is 8.44. The molecule has 1 aliphatic carbocycles. The number of H-pyrrole nitrogens is 1. The van der Waals surface area contributed by atoms with E-state index >= 15 is 4.39 Å². The highest BCUT2D eigenvalue weighted by Gasteiger charge is 2.52. The first-order chi connectivity index (χ1) is 22.0. The third-order valence-corrected chi connectivity index (χ3v) is 11.8. The highest BCUT2D eigenvalue weighted by Crippen LogP contribution is 2.60. The Balaban J connectivity index is 1.10. The third kappa shape index (κ3) is 5.09. The Morgan fingerprint density at radius 1 is 0.978 bits per heavy atom. The van der Waals surface area contributed by atoms with Crippen molar-refractivity contribution in [3.05, 3.63) is 41.7 Å². The van der Waals surface area contributed by atoms with Gasteiger partial charge in [-0.15, -0.1) is 0 Å². The topological polar surface area (TPSA) is 218 Å². The number of hydrogen-bond acceptors (Lipinski definition) is 14. The van der Waals surface area contributed by atoms with Crippen molar-refractivity contribution < 1.29 is 36.4 Å². The van der Waals surface area contributed by atoms with Crippen molar-refractivity contribution in [2.75, 3.05) is 25.6 Å². The zero-order valence-electron chi connectivity index (χ0n) is 23.3. The Bertz CT molecular complexity index is 2140. The Kier molecular flexibility index (Phi) is 7.35. The number of alkyl halides is 1. The number of imidazole rings is 3. The number of nitrogens with zero attached hydrogens (tertiary/aromatic N) is 8. The van der Waals surface area contributed by atoms with Crippen molar-refractivity contribution in [3.63, 3.8) is 0 Å². The van der Waals surface area contributed by atoms with Gasteiger partial charge in [0.2, 0.25) is 5.78 Å². The number of thiol groups is 2. The summed E-state index contributed by atoms with van der Waals surface area (Å²) in [6.45, 7) is -9.05. The van der Waals surface area contributed by atoms with Crippen LogP contribution in [-0.2, 0) is 32.0 Å². The SMILES string of the molecule is Nc1ncnc2c1ncn2[C@@H]1C[C@@H]2CO[P@@](=O)(S)O[C@@H]3[C@H](F)[C@@H](CO[P@@](=O)(S)OC[C@H]21)O[C@H]3n1cnc2c(=O)n3ccnc3[nH]c21. The molecule has 3 aliphatic rings. The van der Waals surface area contributed by atoms with E-state index in [4.69, 9.17) is 28.6 Å². The fourth-order valence-corrected chi connectivity index (χ4v) is 8.85. The molecule has 3 fully saturated rings. The molecule has 8 rings (SSSR count). The summed E-state index contributed by atoms with van der Waals surface area (Å²) in [6.07, 6.45) is 1.26. The Hall–Kier alpha value is -2.87. The molecule has 46 heavy (non-hydrogen) atoms. The second-order valence-corrected chi connectivity index (χ2v) is 16.9. The Morgan fingerprint density at radius 2 is 1.74 bits per heavy atom. The number of nitrogens with one attached hydrogen (secondary N) is 1. The summed E-state index contributed by atoms with van der Waals surface area (Å²) in [7, 11) is 0. The van der Waals surface area contributed by atoms with E-state index in [0.717, 1.165) is 0 Å². The molecule has 7 heterocycles. The minimum atomic E-state index is -4.22. The maximum atomic E-state index is 16.0. The van der Waals surface area contributed by atoms with Crippen LogP contribution in [0.5, 0.6) is 0 Å². The van der Waals surface area contributed by atoms with Gasteiger partial charge in [-0.2, -0.15) is 0 Å². The molecule has 0 amide bonds. The maximum absolute atomic E-state index is 16.0. The zero-order chi connectivity index (χ0) is 32.0. The van der Waals surface area contributed by atoms with Crippen LogP contribution >= 0.6 is 38.1 Å². The second kappa shape index (κ2) is 11.1. The number of ether oxygens (including phenoxy) is 1. The maximum Gasteiger partial charge on any atom is 0.386 e. The van der Waals surface area contributed by atoms with Gasteiger partial charge in [0.05, 0.1) is 32.5 Å². The number of halogens is 1. The Morgan fingerprint density at radius 3 is 2.59 bits per heavy atom. The highest BCUT2D eigenvalue weighted by atomic mass is 32.7. The molecule has 9 atom stereocenters. The van der Waals surface area contributed by atoms with Gasteiger partial charge in [-0.1, -0.05) is 24.5 Å². The average Bonchev–Trinajstić information content (AvgIpc) is 3.79. The second-order valence-electron chi connectivity index (χ2n) is 11.1. The standard InChI is InChI=1S/C23H25FN10O8P2S2/c24-14-13-6-40-43(36,45)39-5-11-10(3-12(11)33-8-29-15-18(25)27-7-28-19(15)33)4-38-44(37,46)42-17(14)22(41-13)34-9-30-16-20(34)31-23-26-1-2-32(23)21(16)35/h1-2,7-14,17,22H,3-6H2,(H,26,31)(H,36,45)(H,37,46)(H2,25,27,28)/t10-,11-,12-,13-,14-,17-,22-,43+,44-/m1/s1. The molecule has 5 aromatic heterocycles. The molecule has 0 spiro atoms. The molecule has 3 N–H and O–H groups in total. The van der Waals surface area contributed by atoms with Crippen LogP contribution in [0.15, 0.2) is 36.2 Å². The van der Waals surface area contributed by atoms with Crippen molar-refractivity contribution in [1.29, 1.82) is 0 Å². The molecule has 0 unspecified atom stereocenters. The fraction of sp³-hybridized carbons (Fsp3) is 0.478. The molecule has 0 aromatic carbocycles. The van der Waals surface area contributed by atoms with Crippen molar-refractivity contribution in [1.82, 2.24) is 43.4 Å². The zero-order valence-corrected chi connectivity index (χ0v) is 26.9. The molecule has 5 aromatic rings. The number of rotatable bonds is 2. The van der Waals surface area contributed by atoms with E-state index in [1.807, 2.05) is 4.57 Å². The van der Waals surface area contributed by atoms with Gasteiger partial charge in [-0.25, -0.2) is 42.8 Å². The predicted molar refractivity (Wildman–Crippen MR) is 164 cm³/mol. The first-order valence-electron chi connectivity index (χ1n) is 13.9. The molecule has 1 saturated carbocycles. The number of aromatic amines is 1. The summed E-state index contributed by atoms with van der Waals surface area (Å²) < 4.78 is 75.7. The minimum absolute atomic E-state index is 0.0119.